The van der Waals surface area contributed by atoms with Gasteiger partial charge >= 0.3 is 5.97 Å². The normalized spacial score (nSPS) is 10.2. The minimum Gasteiger partial charge on any atom is -0.452 e. The molecule has 8 heteroatoms. The van der Waals surface area contributed by atoms with Crippen molar-refractivity contribution in [2.45, 2.75) is 13.8 Å². The van der Waals surface area contributed by atoms with Crippen molar-refractivity contribution >= 4 is 28.9 Å². The summed E-state index contributed by atoms with van der Waals surface area (Å²) in [7, 11) is 0. The Balaban J connectivity index is 1.99. The minimum absolute atomic E-state index is 0.0326. The quantitative estimate of drug-likeness (QED) is 0.372. The van der Waals surface area contributed by atoms with Crippen molar-refractivity contribution in [3.8, 4) is 0 Å². The molecule has 0 saturated heterocycles. The van der Waals surface area contributed by atoms with Gasteiger partial charge in [-0.15, -0.1) is 0 Å². The van der Waals surface area contributed by atoms with Crippen LogP contribution in [0.3, 0.4) is 0 Å². The highest BCUT2D eigenvalue weighted by Gasteiger charge is 2.17. The predicted octanol–water partition coefficient (Wildman–Crippen LogP) is 2.59. The molecule has 1 amide bonds. The summed E-state index contributed by atoms with van der Waals surface area (Å²) in [5.41, 5.74) is 7.89. The van der Waals surface area contributed by atoms with Crippen molar-refractivity contribution in [1.82, 2.24) is 0 Å². The van der Waals surface area contributed by atoms with Gasteiger partial charge in [0.15, 0.2) is 6.61 Å². The number of anilines is 2. The Labute approximate surface area is 143 Å². The smallest absolute Gasteiger partial charge is 0.341 e. The fourth-order valence-electron chi connectivity index (χ4n) is 2.06. The molecule has 0 saturated carbocycles. The first kappa shape index (κ1) is 17.9. The molecule has 2 aromatic rings. The summed E-state index contributed by atoms with van der Waals surface area (Å²) in [5.74, 6) is -1.43. The van der Waals surface area contributed by atoms with E-state index in [1.807, 2.05) is 19.9 Å². The van der Waals surface area contributed by atoms with Crippen molar-refractivity contribution in [3.05, 3.63) is 63.2 Å². The Morgan fingerprint density at radius 2 is 1.88 bits per heavy atom. The molecular weight excluding hydrogens is 326 g/mol. The zero-order valence-electron chi connectivity index (χ0n) is 13.7. The van der Waals surface area contributed by atoms with Gasteiger partial charge in [0, 0.05) is 23.5 Å². The molecule has 2 rings (SSSR count). The van der Waals surface area contributed by atoms with Gasteiger partial charge in [-0.1, -0.05) is 6.07 Å². The van der Waals surface area contributed by atoms with E-state index in [0.717, 1.165) is 17.2 Å². The van der Waals surface area contributed by atoms with Gasteiger partial charge in [-0.3, -0.25) is 14.9 Å². The molecule has 0 unspecified atom stereocenters. The van der Waals surface area contributed by atoms with Crippen molar-refractivity contribution in [1.29, 1.82) is 0 Å². The molecule has 130 valence electrons. The molecule has 0 aliphatic heterocycles. The second kappa shape index (κ2) is 7.43. The molecule has 0 heterocycles. The first-order valence-electron chi connectivity index (χ1n) is 7.36. The number of nitro groups is 1. The number of nitro benzene ring substituents is 1. The lowest BCUT2D eigenvalue weighted by atomic mass is 10.1. The summed E-state index contributed by atoms with van der Waals surface area (Å²) in [6.45, 7) is 3.33. The standard InChI is InChI=1S/C17H17N3O5/c1-10-3-4-12(7-11(10)2)19-16(21)9-25-17(22)14-8-13(20(23)24)5-6-15(14)18/h3-8H,9,18H2,1-2H3,(H,19,21). The van der Waals surface area contributed by atoms with Crippen LogP contribution in [0, 0.1) is 24.0 Å². The third kappa shape index (κ3) is 4.54. The van der Waals surface area contributed by atoms with Crippen molar-refractivity contribution < 1.29 is 19.2 Å². The lowest BCUT2D eigenvalue weighted by Crippen LogP contribution is -2.21. The Bertz CT molecular complexity index is 848. The predicted molar refractivity (Wildman–Crippen MR) is 92.3 cm³/mol. The zero-order valence-corrected chi connectivity index (χ0v) is 13.7. The zero-order chi connectivity index (χ0) is 18.6. The third-order valence-electron chi connectivity index (χ3n) is 3.59. The van der Waals surface area contributed by atoms with E-state index in [9.17, 15) is 19.7 Å². The third-order valence-corrected chi connectivity index (χ3v) is 3.59. The number of rotatable bonds is 5. The molecule has 0 aliphatic carbocycles. The maximum absolute atomic E-state index is 12.0. The summed E-state index contributed by atoms with van der Waals surface area (Å²) < 4.78 is 4.88. The molecule has 0 radical (unpaired) electrons. The summed E-state index contributed by atoms with van der Waals surface area (Å²) in [4.78, 5) is 34.0. The number of amides is 1. The molecule has 0 spiro atoms. The number of aryl methyl sites for hydroxylation is 2. The number of hydrogen-bond acceptors (Lipinski definition) is 6. The van der Waals surface area contributed by atoms with Crippen LogP contribution in [0.25, 0.3) is 0 Å². The molecular formula is C17H17N3O5. The van der Waals surface area contributed by atoms with Crippen LogP contribution in [0.2, 0.25) is 0 Å². The minimum atomic E-state index is -0.906. The number of nitrogens with one attached hydrogen (secondary N) is 1. The van der Waals surface area contributed by atoms with E-state index in [1.54, 1.807) is 12.1 Å². The van der Waals surface area contributed by atoms with E-state index in [2.05, 4.69) is 5.32 Å². The lowest BCUT2D eigenvalue weighted by Gasteiger charge is -2.09. The van der Waals surface area contributed by atoms with Crippen LogP contribution in [-0.2, 0) is 9.53 Å². The van der Waals surface area contributed by atoms with Gasteiger partial charge in [0.2, 0.25) is 0 Å². The van der Waals surface area contributed by atoms with Crippen LogP contribution >= 0.6 is 0 Å². The highest BCUT2D eigenvalue weighted by atomic mass is 16.6. The number of ether oxygens (including phenoxy) is 1. The number of carbonyl (C=O) groups excluding carboxylic acids is 2. The summed E-state index contributed by atoms with van der Waals surface area (Å²) in [5, 5.41) is 13.4. The average molecular weight is 343 g/mol. The van der Waals surface area contributed by atoms with E-state index in [4.69, 9.17) is 10.5 Å². The lowest BCUT2D eigenvalue weighted by molar-refractivity contribution is -0.384. The molecule has 0 bridgehead atoms. The van der Waals surface area contributed by atoms with E-state index in [0.29, 0.717) is 5.69 Å². The second-order valence-electron chi connectivity index (χ2n) is 5.45. The number of esters is 1. The van der Waals surface area contributed by atoms with Gasteiger partial charge in [0.05, 0.1) is 10.5 Å². The van der Waals surface area contributed by atoms with Crippen LogP contribution in [0.15, 0.2) is 36.4 Å². The molecule has 0 aromatic heterocycles. The van der Waals surface area contributed by atoms with E-state index in [1.165, 1.54) is 12.1 Å². The molecule has 3 N–H and O–H groups in total. The number of benzene rings is 2. The summed E-state index contributed by atoms with van der Waals surface area (Å²) in [6.07, 6.45) is 0. The van der Waals surface area contributed by atoms with Crippen LogP contribution < -0.4 is 11.1 Å². The van der Waals surface area contributed by atoms with Crippen LogP contribution in [0.1, 0.15) is 21.5 Å². The number of carbonyl (C=O) groups is 2. The molecule has 8 nitrogen and oxygen atoms in total. The first-order valence-corrected chi connectivity index (χ1v) is 7.36. The number of non-ortho nitro benzene ring substituents is 1. The second-order valence-corrected chi connectivity index (χ2v) is 5.45. The number of nitrogen functional groups attached to an aromatic ring is 1. The van der Waals surface area contributed by atoms with Gasteiger partial charge in [0.25, 0.3) is 11.6 Å². The first-order chi connectivity index (χ1) is 11.8. The Kier molecular flexibility index (Phi) is 5.33. The van der Waals surface area contributed by atoms with E-state index < -0.39 is 23.4 Å². The molecule has 0 atom stereocenters. The molecule has 25 heavy (non-hydrogen) atoms. The van der Waals surface area contributed by atoms with Crippen LogP contribution in [0.5, 0.6) is 0 Å². The fourth-order valence-corrected chi connectivity index (χ4v) is 2.06. The Morgan fingerprint density at radius 1 is 1.16 bits per heavy atom. The van der Waals surface area contributed by atoms with Gasteiger partial charge in [-0.05, 0) is 43.2 Å². The average Bonchev–Trinajstić information content (AvgIpc) is 2.56. The highest BCUT2D eigenvalue weighted by Crippen LogP contribution is 2.20. The monoisotopic (exact) mass is 343 g/mol. The summed E-state index contributed by atoms with van der Waals surface area (Å²) >= 11 is 0. The van der Waals surface area contributed by atoms with Crippen molar-refractivity contribution in [3.63, 3.8) is 0 Å². The van der Waals surface area contributed by atoms with E-state index in [-0.39, 0.29) is 16.9 Å². The van der Waals surface area contributed by atoms with Gasteiger partial charge in [-0.2, -0.15) is 0 Å². The van der Waals surface area contributed by atoms with Gasteiger partial charge in [0.1, 0.15) is 0 Å². The topological polar surface area (TPSA) is 125 Å². The highest BCUT2D eigenvalue weighted by molar-refractivity contribution is 5.98. The number of nitrogens with zero attached hydrogens (tertiary/aromatic N) is 1. The van der Waals surface area contributed by atoms with Crippen LogP contribution in [0.4, 0.5) is 17.1 Å². The van der Waals surface area contributed by atoms with E-state index >= 15 is 0 Å². The summed E-state index contributed by atoms with van der Waals surface area (Å²) in [6, 6.07) is 8.83. The van der Waals surface area contributed by atoms with Crippen molar-refractivity contribution in [2.24, 2.45) is 0 Å². The van der Waals surface area contributed by atoms with Crippen LogP contribution in [-0.4, -0.2) is 23.4 Å². The Morgan fingerprint density at radius 3 is 2.52 bits per heavy atom. The maximum Gasteiger partial charge on any atom is 0.341 e. The number of nitrogens with two attached hydrogens (primary N) is 1. The molecule has 0 fully saturated rings. The van der Waals surface area contributed by atoms with Gasteiger partial charge in [-0.25, -0.2) is 4.79 Å². The number of hydrogen-bond donors (Lipinski definition) is 2. The largest absolute Gasteiger partial charge is 0.452 e. The SMILES string of the molecule is Cc1ccc(NC(=O)COC(=O)c2cc([N+](=O)[O-])ccc2N)cc1C. The Hall–Kier alpha value is -3.42. The van der Waals surface area contributed by atoms with Crippen molar-refractivity contribution in [2.75, 3.05) is 17.7 Å². The maximum atomic E-state index is 12.0. The molecule has 2 aromatic carbocycles. The molecule has 0 aliphatic rings. The van der Waals surface area contributed by atoms with Gasteiger partial charge < -0.3 is 15.8 Å². The fraction of sp³-hybridized carbons (Fsp3) is 0.176.